The van der Waals surface area contributed by atoms with Gasteiger partial charge in [-0.1, -0.05) is 17.7 Å². The Hall–Kier alpha value is -3.33. The molecule has 0 saturated heterocycles. The van der Waals surface area contributed by atoms with E-state index >= 15 is 0 Å². The zero-order valence-electron chi connectivity index (χ0n) is 11.6. The Bertz CT molecular complexity index is 942. The third-order valence-corrected chi connectivity index (χ3v) is 3.79. The average molecular weight is 348 g/mol. The summed E-state index contributed by atoms with van der Waals surface area (Å²) >= 11 is 5.95. The second-order valence-electron chi connectivity index (χ2n) is 4.80. The van der Waals surface area contributed by atoms with Gasteiger partial charge >= 0.3 is 0 Å². The SMILES string of the molecule is O=C1c2cccc([N+](=O)[O-])c2C(=O)N1c1cc([N+](=O)[O-])ccc1Cl. The van der Waals surface area contributed by atoms with Crippen LogP contribution in [0.5, 0.6) is 0 Å². The molecule has 3 rings (SSSR count). The van der Waals surface area contributed by atoms with Crippen LogP contribution >= 0.6 is 11.6 Å². The number of hydrogen-bond acceptors (Lipinski definition) is 6. The summed E-state index contributed by atoms with van der Waals surface area (Å²) in [6, 6.07) is 6.91. The van der Waals surface area contributed by atoms with Crippen molar-refractivity contribution in [2.75, 3.05) is 4.90 Å². The zero-order chi connectivity index (χ0) is 17.6. The molecule has 1 aliphatic rings. The molecule has 0 saturated carbocycles. The predicted octanol–water partition coefficient (Wildman–Crippen LogP) is 2.96. The lowest BCUT2D eigenvalue weighted by atomic mass is 10.1. The van der Waals surface area contributed by atoms with Crippen LogP contribution in [0.15, 0.2) is 36.4 Å². The number of carbonyl (C=O) groups excluding carboxylic acids is 2. The normalized spacial score (nSPS) is 13.1. The zero-order valence-corrected chi connectivity index (χ0v) is 12.4. The van der Waals surface area contributed by atoms with Crippen molar-refractivity contribution in [2.24, 2.45) is 0 Å². The molecular weight excluding hydrogens is 342 g/mol. The topological polar surface area (TPSA) is 124 Å². The summed E-state index contributed by atoms with van der Waals surface area (Å²) in [7, 11) is 0. The van der Waals surface area contributed by atoms with Crippen LogP contribution in [0.1, 0.15) is 20.7 Å². The number of nitro groups is 2. The Labute approximate surface area is 138 Å². The molecule has 120 valence electrons. The van der Waals surface area contributed by atoms with Gasteiger partial charge in [-0.25, -0.2) is 4.90 Å². The summed E-state index contributed by atoms with van der Waals surface area (Å²) in [6.07, 6.45) is 0. The number of imide groups is 1. The number of nitrogens with zero attached hydrogens (tertiary/aromatic N) is 3. The van der Waals surface area contributed by atoms with E-state index in [1.165, 1.54) is 18.2 Å². The number of hydrogen-bond donors (Lipinski definition) is 0. The maximum absolute atomic E-state index is 12.5. The van der Waals surface area contributed by atoms with Gasteiger partial charge in [0.1, 0.15) is 5.56 Å². The molecule has 1 aliphatic heterocycles. The van der Waals surface area contributed by atoms with Gasteiger partial charge in [-0.05, 0) is 12.1 Å². The molecule has 0 spiro atoms. The van der Waals surface area contributed by atoms with Crippen LogP contribution in [0.4, 0.5) is 17.1 Å². The second kappa shape index (κ2) is 5.39. The molecule has 1 heterocycles. The number of anilines is 1. The molecule has 24 heavy (non-hydrogen) atoms. The van der Waals surface area contributed by atoms with E-state index in [2.05, 4.69) is 0 Å². The van der Waals surface area contributed by atoms with E-state index in [1.807, 2.05) is 0 Å². The molecular formula is C14H6ClN3O6. The molecule has 2 aromatic carbocycles. The van der Waals surface area contributed by atoms with Gasteiger partial charge in [0.15, 0.2) is 0 Å². The first-order valence-corrected chi connectivity index (χ1v) is 6.81. The van der Waals surface area contributed by atoms with Crippen LogP contribution in [0, 0.1) is 20.2 Å². The van der Waals surface area contributed by atoms with Crippen LogP contribution in [0.3, 0.4) is 0 Å². The Balaban J connectivity index is 2.19. The quantitative estimate of drug-likeness (QED) is 0.477. The van der Waals surface area contributed by atoms with Crippen molar-refractivity contribution in [3.05, 3.63) is 72.8 Å². The standard InChI is InChI=1S/C14H6ClN3O6/c15-9-5-4-7(17(21)22)6-11(9)16-13(19)8-2-1-3-10(18(23)24)12(8)14(16)20/h1-6H. The van der Waals surface area contributed by atoms with Crippen molar-refractivity contribution < 1.29 is 19.4 Å². The first-order chi connectivity index (χ1) is 11.3. The molecule has 10 heteroatoms. The molecule has 0 atom stereocenters. The van der Waals surface area contributed by atoms with Crippen LogP contribution in [0.2, 0.25) is 5.02 Å². The highest BCUT2D eigenvalue weighted by atomic mass is 35.5. The summed E-state index contributed by atoms with van der Waals surface area (Å²) < 4.78 is 0. The Morgan fingerprint density at radius 1 is 0.958 bits per heavy atom. The molecule has 0 radical (unpaired) electrons. The van der Waals surface area contributed by atoms with E-state index in [1.54, 1.807) is 0 Å². The van der Waals surface area contributed by atoms with E-state index in [0.29, 0.717) is 4.90 Å². The maximum Gasteiger partial charge on any atom is 0.283 e. The van der Waals surface area contributed by atoms with Crippen molar-refractivity contribution in [3.63, 3.8) is 0 Å². The van der Waals surface area contributed by atoms with Crippen molar-refractivity contribution in [1.82, 2.24) is 0 Å². The Morgan fingerprint density at radius 2 is 1.67 bits per heavy atom. The summed E-state index contributed by atoms with van der Waals surface area (Å²) in [5, 5.41) is 21.9. The first kappa shape index (κ1) is 15.6. The van der Waals surface area contributed by atoms with Crippen LogP contribution in [-0.4, -0.2) is 21.7 Å². The number of amides is 2. The highest BCUT2D eigenvalue weighted by Gasteiger charge is 2.42. The molecule has 0 fully saturated rings. The Kier molecular flexibility index (Phi) is 3.49. The monoisotopic (exact) mass is 347 g/mol. The third-order valence-electron chi connectivity index (χ3n) is 3.47. The number of benzene rings is 2. The van der Waals surface area contributed by atoms with Crippen LogP contribution in [-0.2, 0) is 0 Å². The number of fused-ring (bicyclic) bond motifs is 1. The first-order valence-electron chi connectivity index (χ1n) is 6.43. The van der Waals surface area contributed by atoms with Gasteiger partial charge in [-0.3, -0.25) is 29.8 Å². The number of non-ortho nitro benzene ring substituents is 1. The van der Waals surface area contributed by atoms with Gasteiger partial charge in [0.25, 0.3) is 23.2 Å². The predicted molar refractivity (Wildman–Crippen MR) is 82.3 cm³/mol. The van der Waals surface area contributed by atoms with E-state index in [0.717, 1.165) is 18.2 Å². The summed E-state index contributed by atoms with van der Waals surface area (Å²) in [5.41, 5.74) is -1.62. The van der Waals surface area contributed by atoms with Gasteiger partial charge in [0.2, 0.25) is 0 Å². The lowest BCUT2D eigenvalue weighted by molar-refractivity contribution is -0.385. The molecule has 9 nitrogen and oxygen atoms in total. The minimum atomic E-state index is -0.954. The minimum Gasteiger partial charge on any atom is -0.268 e. The molecule has 2 amide bonds. The molecule has 0 aliphatic carbocycles. The van der Waals surface area contributed by atoms with E-state index in [4.69, 9.17) is 11.6 Å². The van der Waals surface area contributed by atoms with Crippen molar-refractivity contribution in [3.8, 4) is 0 Å². The molecule has 0 aromatic heterocycles. The van der Waals surface area contributed by atoms with E-state index < -0.39 is 27.3 Å². The fourth-order valence-electron chi connectivity index (χ4n) is 2.42. The number of carbonyl (C=O) groups is 2. The summed E-state index contributed by atoms with van der Waals surface area (Å²) in [6.45, 7) is 0. The van der Waals surface area contributed by atoms with Crippen molar-refractivity contribution >= 4 is 40.5 Å². The molecule has 2 aromatic rings. The molecule has 0 bridgehead atoms. The maximum atomic E-state index is 12.5. The molecule has 0 unspecified atom stereocenters. The molecule has 0 N–H and O–H groups in total. The van der Waals surface area contributed by atoms with Gasteiger partial charge < -0.3 is 0 Å². The summed E-state index contributed by atoms with van der Waals surface area (Å²) in [5.74, 6) is -1.79. The smallest absolute Gasteiger partial charge is 0.268 e. The third kappa shape index (κ3) is 2.18. The summed E-state index contributed by atoms with van der Waals surface area (Å²) in [4.78, 5) is 46.1. The number of halogens is 1. The van der Waals surface area contributed by atoms with E-state index in [-0.39, 0.29) is 27.5 Å². The largest absolute Gasteiger partial charge is 0.283 e. The number of nitro benzene ring substituents is 2. The van der Waals surface area contributed by atoms with Crippen molar-refractivity contribution in [2.45, 2.75) is 0 Å². The van der Waals surface area contributed by atoms with E-state index in [9.17, 15) is 29.8 Å². The highest BCUT2D eigenvalue weighted by molar-refractivity contribution is 6.40. The Morgan fingerprint density at radius 3 is 2.29 bits per heavy atom. The van der Waals surface area contributed by atoms with Gasteiger partial charge in [0.05, 0.1) is 26.1 Å². The lowest BCUT2D eigenvalue weighted by Crippen LogP contribution is -2.29. The van der Waals surface area contributed by atoms with Gasteiger partial charge in [0, 0.05) is 18.2 Å². The van der Waals surface area contributed by atoms with Gasteiger partial charge in [-0.15, -0.1) is 0 Å². The van der Waals surface area contributed by atoms with Crippen LogP contribution < -0.4 is 4.90 Å². The fraction of sp³-hybridized carbons (Fsp3) is 0. The minimum absolute atomic E-state index is 0.0715. The highest BCUT2D eigenvalue weighted by Crippen LogP contribution is 2.38. The second-order valence-corrected chi connectivity index (χ2v) is 5.20. The van der Waals surface area contributed by atoms with Gasteiger partial charge in [-0.2, -0.15) is 0 Å². The van der Waals surface area contributed by atoms with Crippen molar-refractivity contribution in [1.29, 1.82) is 0 Å². The van der Waals surface area contributed by atoms with Crippen LogP contribution in [0.25, 0.3) is 0 Å². The average Bonchev–Trinajstić information content (AvgIpc) is 2.79. The fourth-order valence-corrected chi connectivity index (χ4v) is 2.63. The number of rotatable bonds is 3. The lowest BCUT2D eigenvalue weighted by Gasteiger charge is -2.15.